The first-order valence-electron chi connectivity index (χ1n) is 8.42. The third kappa shape index (κ3) is 4.59. The fraction of sp³-hybridized carbons (Fsp3) is 0.300. The summed E-state index contributed by atoms with van der Waals surface area (Å²) < 4.78 is 5.46. The second-order valence-corrected chi connectivity index (χ2v) is 5.61. The average Bonchev–Trinajstić information content (AvgIpc) is 2.63. The normalized spacial score (nSPS) is 10.7. The predicted molar refractivity (Wildman–Crippen MR) is 103 cm³/mol. The summed E-state index contributed by atoms with van der Waals surface area (Å²) in [7, 11) is 1.63. The van der Waals surface area contributed by atoms with Crippen LogP contribution in [0.25, 0.3) is 0 Å². The highest BCUT2D eigenvalue weighted by Crippen LogP contribution is 2.24. The van der Waals surface area contributed by atoms with Gasteiger partial charge in [0.05, 0.1) is 13.3 Å². The maximum Gasteiger partial charge on any atom is 0.271 e. The topological polar surface area (TPSA) is 53.9 Å². The van der Waals surface area contributed by atoms with Crippen LogP contribution < -0.4 is 15.1 Å². The van der Waals surface area contributed by atoms with Gasteiger partial charge in [0.25, 0.3) is 5.91 Å². The van der Waals surface area contributed by atoms with Crippen molar-refractivity contribution in [1.82, 2.24) is 5.43 Å². The van der Waals surface area contributed by atoms with Crippen LogP contribution in [0.5, 0.6) is 5.75 Å². The van der Waals surface area contributed by atoms with E-state index in [9.17, 15) is 4.79 Å². The Morgan fingerprint density at radius 1 is 1.20 bits per heavy atom. The molecule has 5 heteroatoms. The van der Waals surface area contributed by atoms with Crippen molar-refractivity contribution in [2.75, 3.05) is 25.1 Å². The number of rotatable bonds is 7. The van der Waals surface area contributed by atoms with Gasteiger partial charge in [0.2, 0.25) is 0 Å². The number of methoxy groups -OCH3 is 1. The summed E-state index contributed by atoms with van der Waals surface area (Å²) in [5, 5.41) is 4.06. The summed E-state index contributed by atoms with van der Waals surface area (Å²) in [5.41, 5.74) is 6.00. The summed E-state index contributed by atoms with van der Waals surface area (Å²) in [6.07, 6.45) is 1.60. The second-order valence-electron chi connectivity index (χ2n) is 5.61. The van der Waals surface area contributed by atoms with Gasteiger partial charge >= 0.3 is 0 Å². The molecule has 0 aromatic heterocycles. The van der Waals surface area contributed by atoms with Gasteiger partial charge in [0.1, 0.15) is 5.75 Å². The molecule has 2 aromatic carbocycles. The minimum Gasteiger partial charge on any atom is -0.496 e. The molecule has 1 N–H and O–H groups in total. The number of nitrogens with one attached hydrogen (secondary N) is 1. The van der Waals surface area contributed by atoms with Crippen LogP contribution in [0.1, 0.15) is 35.3 Å². The standard InChI is InChI=1S/C20H25N3O2/c1-5-23(6-2)17-12-11-16(19(13-17)25-4)14-21-22-20(24)18-10-8-7-9-15(18)3/h7-14H,5-6H2,1-4H3,(H,22,24). The Bertz CT molecular complexity index is 752. The molecule has 0 unspecified atom stereocenters. The fourth-order valence-electron chi connectivity index (χ4n) is 2.64. The maximum absolute atomic E-state index is 12.2. The molecule has 0 bridgehead atoms. The molecular formula is C20H25N3O2. The van der Waals surface area contributed by atoms with Crippen molar-refractivity contribution in [2.45, 2.75) is 20.8 Å². The lowest BCUT2D eigenvalue weighted by Crippen LogP contribution is -2.21. The highest BCUT2D eigenvalue weighted by Gasteiger charge is 2.08. The monoisotopic (exact) mass is 339 g/mol. The van der Waals surface area contributed by atoms with Crippen molar-refractivity contribution in [3.05, 3.63) is 59.2 Å². The third-order valence-electron chi connectivity index (χ3n) is 4.11. The first-order chi connectivity index (χ1) is 12.1. The molecule has 0 radical (unpaired) electrons. The summed E-state index contributed by atoms with van der Waals surface area (Å²) >= 11 is 0. The molecule has 2 aromatic rings. The van der Waals surface area contributed by atoms with E-state index in [1.807, 2.05) is 43.3 Å². The average molecular weight is 339 g/mol. The smallest absolute Gasteiger partial charge is 0.271 e. The van der Waals surface area contributed by atoms with Gasteiger partial charge in [-0.1, -0.05) is 18.2 Å². The van der Waals surface area contributed by atoms with Gasteiger partial charge in [-0.05, 0) is 44.5 Å². The molecule has 0 saturated carbocycles. The molecule has 0 aliphatic heterocycles. The van der Waals surface area contributed by atoms with Crippen molar-refractivity contribution in [1.29, 1.82) is 0 Å². The van der Waals surface area contributed by atoms with Crippen LogP contribution in [0.4, 0.5) is 5.69 Å². The summed E-state index contributed by atoms with van der Waals surface area (Å²) in [6.45, 7) is 7.99. The van der Waals surface area contributed by atoms with E-state index < -0.39 is 0 Å². The lowest BCUT2D eigenvalue weighted by Gasteiger charge is -2.21. The van der Waals surface area contributed by atoms with Crippen LogP contribution in [0.3, 0.4) is 0 Å². The van der Waals surface area contributed by atoms with Crippen molar-refractivity contribution in [3.8, 4) is 5.75 Å². The zero-order valence-electron chi connectivity index (χ0n) is 15.2. The Balaban J connectivity index is 2.12. The Morgan fingerprint density at radius 2 is 1.92 bits per heavy atom. The van der Waals surface area contributed by atoms with E-state index in [0.29, 0.717) is 5.56 Å². The van der Waals surface area contributed by atoms with E-state index in [-0.39, 0.29) is 5.91 Å². The molecule has 0 spiro atoms. The number of hydrogen-bond donors (Lipinski definition) is 1. The molecular weight excluding hydrogens is 314 g/mol. The second kappa shape index (κ2) is 8.87. The van der Waals surface area contributed by atoms with Crippen LogP contribution in [0.15, 0.2) is 47.6 Å². The van der Waals surface area contributed by atoms with E-state index in [1.54, 1.807) is 19.4 Å². The number of carbonyl (C=O) groups excluding carboxylic acids is 1. The summed E-state index contributed by atoms with van der Waals surface area (Å²) in [6, 6.07) is 13.4. The lowest BCUT2D eigenvalue weighted by molar-refractivity contribution is 0.0954. The Hall–Kier alpha value is -2.82. The molecule has 0 aliphatic rings. The molecule has 0 heterocycles. The first kappa shape index (κ1) is 18.5. The minimum absolute atomic E-state index is 0.229. The Labute approximate surface area is 149 Å². The fourth-order valence-corrected chi connectivity index (χ4v) is 2.64. The van der Waals surface area contributed by atoms with Gasteiger partial charge in [-0.25, -0.2) is 5.43 Å². The van der Waals surface area contributed by atoms with E-state index in [4.69, 9.17) is 4.74 Å². The van der Waals surface area contributed by atoms with Gasteiger partial charge in [0, 0.05) is 36.0 Å². The van der Waals surface area contributed by atoms with Gasteiger partial charge < -0.3 is 9.64 Å². The van der Waals surface area contributed by atoms with Crippen molar-refractivity contribution in [3.63, 3.8) is 0 Å². The number of aryl methyl sites for hydroxylation is 1. The zero-order chi connectivity index (χ0) is 18.2. The number of benzene rings is 2. The van der Waals surface area contributed by atoms with E-state index >= 15 is 0 Å². The molecule has 25 heavy (non-hydrogen) atoms. The van der Waals surface area contributed by atoms with Crippen LogP contribution in [-0.4, -0.2) is 32.3 Å². The molecule has 132 valence electrons. The third-order valence-corrected chi connectivity index (χ3v) is 4.11. The van der Waals surface area contributed by atoms with Gasteiger partial charge in [-0.3, -0.25) is 4.79 Å². The van der Waals surface area contributed by atoms with Crippen LogP contribution in [-0.2, 0) is 0 Å². The number of hydrogen-bond acceptors (Lipinski definition) is 4. The number of nitrogens with zero attached hydrogens (tertiary/aromatic N) is 2. The van der Waals surface area contributed by atoms with Crippen molar-refractivity contribution < 1.29 is 9.53 Å². The van der Waals surface area contributed by atoms with Crippen LogP contribution in [0, 0.1) is 6.92 Å². The summed E-state index contributed by atoms with van der Waals surface area (Å²) in [5.74, 6) is 0.492. The molecule has 1 amide bonds. The molecule has 0 aliphatic carbocycles. The summed E-state index contributed by atoms with van der Waals surface area (Å²) in [4.78, 5) is 14.4. The SMILES string of the molecule is CCN(CC)c1ccc(C=NNC(=O)c2ccccc2C)c(OC)c1. The highest BCUT2D eigenvalue weighted by molar-refractivity contribution is 5.96. The number of amides is 1. The predicted octanol–water partition coefficient (Wildman–Crippen LogP) is 3.61. The van der Waals surface area contributed by atoms with E-state index in [2.05, 4.69) is 29.3 Å². The number of ether oxygens (including phenoxy) is 1. The Kier molecular flexibility index (Phi) is 6.57. The number of carbonyl (C=O) groups is 1. The zero-order valence-corrected chi connectivity index (χ0v) is 15.2. The first-order valence-corrected chi connectivity index (χ1v) is 8.42. The van der Waals surface area contributed by atoms with Gasteiger partial charge in [-0.15, -0.1) is 0 Å². The molecule has 0 saturated heterocycles. The molecule has 5 nitrogen and oxygen atoms in total. The molecule has 0 atom stereocenters. The van der Waals surface area contributed by atoms with E-state index in [1.165, 1.54) is 0 Å². The highest BCUT2D eigenvalue weighted by atomic mass is 16.5. The van der Waals surface area contributed by atoms with Gasteiger partial charge in [0.15, 0.2) is 0 Å². The minimum atomic E-state index is -0.229. The Morgan fingerprint density at radius 3 is 2.56 bits per heavy atom. The van der Waals surface area contributed by atoms with Crippen LogP contribution in [0.2, 0.25) is 0 Å². The maximum atomic E-state index is 12.2. The number of anilines is 1. The van der Waals surface area contributed by atoms with Crippen molar-refractivity contribution in [2.24, 2.45) is 5.10 Å². The van der Waals surface area contributed by atoms with Crippen LogP contribution >= 0.6 is 0 Å². The quantitative estimate of drug-likeness (QED) is 0.619. The largest absolute Gasteiger partial charge is 0.496 e. The van der Waals surface area contributed by atoms with E-state index in [0.717, 1.165) is 35.7 Å². The molecule has 2 rings (SSSR count). The lowest BCUT2D eigenvalue weighted by atomic mass is 10.1. The van der Waals surface area contributed by atoms with Crippen molar-refractivity contribution >= 4 is 17.8 Å². The van der Waals surface area contributed by atoms with Gasteiger partial charge in [-0.2, -0.15) is 5.10 Å². The molecule has 0 fully saturated rings. The number of hydrazone groups is 1.